The number of anilines is 1. The standard InChI is InChI=1S/C16H20N2O2/c1-4-10-20-14-8-7-13(18-16(19)11(2)3)12-6-5-9-17-15(12)14/h5-9,11H,4,10H2,1-3H3,(H,18,19). The molecule has 106 valence electrons. The van der Waals surface area contributed by atoms with Crippen LogP contribution in [0.15, 0.2) is 30.5 Å². The average Bonchev–Trinajstić information content (AvgIpc) is 2.46. The fourth-order valence-corrected chi connectivity index (χ4v) is 1.86. The molecular weight excluding hydrogens is 252 g/mol. The van der Waals surface area contributed by atoms with Gasteiger partial charge in [0, 0.05) is 17.5 Å². The third-order valence-corrected chi connectivity index (χ3v) is 2.98. The predicted molar refractivity (Wildman–Crippen MR) is 81.0 cm³/mol. The van der Waals surface area contributed by atoms with Crippen molar-refractivity contribution in [1.29, 1.82) is 0 Å². The highest BCUT2D eigenvalue weighted by molar-refractivity contribution is 6.03. The van der Waals surface area contributed by atoms with Crippen molar-refractivity contribution >= 4 is 22.5 Å². The molecule has 20 heavy (non-hydrogen) atoms. The van der Waals surface area contributed by atoms with Crippen LogP contribution in [-0.4, -0.2) is 17.5 Å². The minimum Gasteiger partial charge on any atom is -0.491 e. The molecule has 0 fully saturated rings. The molecule has 1 amide bonds. The summed E-state index contributed by atoms with van der Waals surface area (Å²) in [5.74, 6) is 0.695. The first-order valence-electron chi connectivity index (χ1n) is 6.95. The van der Waals surface area contributed by atoms with E-state index in [1.165, 1.54) is 0 Å². The first kappa shape index (κ1) is 14.3. The van der Waals surface area contributed by atoms with E-state index in [2.05, 4.69) is 17.2 Å². The molecule has 1 heterocycles. The Labute approximate surface area is 119 Å². The van der Waals surface area contributed by atoms with E-state index in [-0.39, 0.29) is 11.8 Å². The van der Waals surface area contributed by atoms with Gasteiger partial charge < -0.3 is 10.1 Å². The molecule has 0 aliphatic heterocycles. The first-order valence-corrected chi connectivity index (χ1v) is 6.95. The third kappa shape index (κ3) is 3.07. The van der Waals surface area contributed by atoms with Gasteiger partial charge >= 0.3 is 0 Å². The van der Waals surface area contributed by atoms with Gasteiger partial charge in [0.2, 0.25) is 5.91 Å². The number of amides is 1. The largest absolute Gasteiger partial charge is 0.491 e. The number of carbonyl (C=O) groups is 1. The minimum atomic E-state index is -0.0576. The Bertz CT molecular complexity index is 608. The molecule has 1 aromatic heterocycles. The van der Waals surface area contributed by atoms with Gasteiger partial charge in [-0.2, -0.15) is 0 Å². The number of carbonyl (C=O) groups excluding carboxylic acids is 1. The summed E-state index contributed by atoms with van der Waals surface area (Å²) in [5, 5.41) is 3.83. The second-order valence-electron chi connectivity index (χ2n) is 5.00. The van der Waals surface area contributed by atoms with Crippen LogP contribution < -0.4 is 10.1 Å². The van der Waals surface area contributed by atoms with Gasteiger partial charge in [0.25, 0.3) is 0 Å². The zero-order valence-corrected chi connectivity index (χ0v) is 12.1. The number of rotatable bonds is 5. The molecule has 0 bridgehead atoms. The third-order valence-electron chi connectivity index (χ3n) is 2.98. The van der Waals surface area contributed by atoms with E-state index in [1.54, 1.807) is 6.20 Å². The molecule has 0 spiro atoms. The van der Waals surface area contributed by atoms with Crippen LogP contribution in [0, 0.1) is 5.92 Å². The zero-order valence-electron chi connectivity index (χ0n) is 12.1. The average molecular weight is 272 g/mol. The van der Waals surface area contributed by atoms with Gasteiger partial charge in [0.05, 0.1) is 12.3 Å². The van der Waals surface area contributed by atoms with Crippen molar-refractivity contribution in [2.45, 2.75) is 27.2 Å². The highest BCUT2D eigenvalue weighted by Crippen LogP contribution is 2.30. The van der Waals surface area contributed by atoms with Gasteiger partial charge in [-0.1, -0.05) is 20.8 Å². The van der Waals surface area contributed by atoms with E-state index >= 15 is 0 Å². The fourth-order valence-electron chi connectivity index (χ4n) is 1.86. The number of nitrogens with one attached hydrogen (secondary N) is 1. The summed E-state index contributed by atoms with van der Waals surface area (Å²) < 4.78 is 5.70. The lowest BCUT2D eigenvalue weighted by molar-refractivity contribution is -0.118. The Morgan fingerprint density at radius 2 is 2.15 bits per heavy atom. The van der Waals surface area contributed by atoms with Crippen molar-refractivity contribution in [2.75, 3.05) is 11.9 Å². The van der Waals surface area contributed by atoms with Crippen LogP contribution in [0.1, 0.15) is 27.2 Å². The molecule has 2 aromatic rings. The molecule has 0 unspecified atom stereocenters. The van der Waals surface area contributed by atoms with Gasteiger partial charge in [-0.05, 0) is 30.7 Å². The Morgan fingerprint density at radius 3 is 2.85 bits per heavy atom. The lowest BCUT2D eigenvalue weighted by Gasteiger charge is -2.13. The quantitative estimate of drug-likeness (QED) is 0.904. The molecule has 0 aliphatic carbocycles. The highest BCUT2D eigenvalue weighted by atomic mass is 16.5. The summed E-state index contributed by atoms with van der Waals surface area (Å²) in [6.07, 6.45) is 2.68. The number of aromatic nitrogens is 1. The lowest BCUT2D eigenvalue weighted by atomic mass is 10.1. The summed E-state index contributed by atoms with van der Waals surface area (Å²) in [6.45, 7) is 6.46. The number of nitrogens with zero attached hydrogens (tertiary/aromatic N) is 1. The smallest absolute Gasteiger partial charge is 0.226 e. The van der Waals surface area contributed by atoms with Crippen molar-refractivity contribution in [2.24, 2.45) is 5.92 Å². The van der Waals surface area contributed by atoms with Crippen LogP contribution in [-0.2, 0) is 4.79 Å². The number of benzene rings is 1. The second kappa shape index (κ2) is 6.37. The predicted octanol–water partition coefficient (Wildman–Crippen LogP) is 3.62. The summed E-state index contributed by atoms with van der Waals surface area (Å²) in [7, 11) is 0. The molecule has 1 N–H and O–H groups in total. The normalized spacial score (nSPS) is 10.8. The van der Waals surface area contributed by atoms with E-state index in [9.17, 15) is 4.79 Å². The van der Waals surface area contributed by atoms with Crippen LogP contribution in [0.4, 0.5) is 5.69 Å². The van der Waals surface area contributed by atoms with E-state index in [0.29, 0.717) is 6.61 Å². The van der Waals surface area contributed by atoms with Gasteiger partial charge in [0.15, 0.2) is 0 Å². The van der Waals surface area contributed by atoms with Gasteiger partial charge in [-0.25, -0.2) is 0 Å². The zero-order chi connectivity index (χ0) is 14.5. The Morgan fingerprint density at radius 1 is 1.35 bits per heavy atom. The number of fused-ring (bicyclic) bond motifs is 1. The van der Waals surface area contributed by atoms with Crippen LogP contribution in [0.25, 0.3) is 10.9 Å². The van der Waals surface area contributed by atoms with Crippen LogP contribution in [0.5, 0.6) is 5.75 Å². The van der Waals surface area contributed by atoms with Crippen molar-refractivity contribution < 1.29 is 9.53 Å². The maximum absolute atomic E-state index is 11.9. The van der Waals surface area contributed by atoms with Crippen molar-refractivity contribution in [1.82, 2.24) is 4.98 Å². The molecule has 0 saturated carbocycles. The summed E-state index contributed by atoms with van der Waals surface area (Å²) >= 11 is 0. The van der Waals surface area contributed by atoms with Crippen LogP contribution in [0.3, 0.4) is 0 Å². The Kier molecular flexibility index (Phi) is 4.56. The van der Waals surface area contributed by atoms with Crippen molar-refractivity contribution in [3.63, 3.8) is 0 Å². The van der Waals surface area contributed by atoms with Gasteiger partial charge in [-0.15, -0.1) is 0 Å². The number of ether oxygens (including phenoxy) is 1. The molecule has 1 aromatic carbocycles. The molecule has 0 saturated heterocycles. The molecule has 0 radical (unpaired) electrons. The topological polar surface area (TPSA) is 51.2 Å². The SMILES string of the molecule is CCCOc1ccc(NC(=O)C(C)C)c2cccnc12. The molecule has 4 heteroatoms. The van der Waals surface area contributed by atoms with Crippen LogP contribution >= 0.6 is 0 Å². The lowest BCUT2D eigenvalue weighted by Crippen LogP contribution is -2.18. The summed E-state index contributed by atoms with van der Waals surface area (Å²) in [5.41, 5.74) is 1.55. The molecule has 4 nitrogen and oxygen atoms in total. The summed E-state index contributed by atoms with van der Waals surface area (Å²) in [6, 6.07) is 7.53. The van der Waals surface area contributed by atoms with E-state index < -0.39 is 0 Å². The maximum Gasteiger partial charge on any atom is 0.226 e. The van der Waals surface area contributed by atoms with Crippen molar-refractivity contribution in [3.05, 3.63) is 30.5 Å². The monoisotopic (exact) mass is 272 g/mol. The van der Waals surface area contributed by atoms with Gasteiger partial charge in [0.1, 0.15) is 11.3 Å². The maximum atomic E-state index is 11.9. The minimum absolute atomic E-state index is 0.00243. The van der Waals surface area contributed by atoms with E-state index in [4.69, 9.17) is 4.74 Å². The van der Waals surface area contributed by atoms with Gasteiger partial charge in [-0.3, -0.25) is 9.78 Å². The molecule has 0 aliphatic rings. The molecular formula is C16H20N2O2. The first-order chi connectivity index (χ1) is 9.63. The van der Waals surface area contributed by atoms with E-state index in [0.717, 1.165) is 28.8 Å². The van der Waals surface area contributed by atoms with Crippen LogP contribution in [0.2, 0.25) is 0 Å². The number of hydrogen-bond donors (Lipinski definition) is 1. The fraction of sp³-hybridized carbons (Fsp3) is 0.375. The Balaban J connectivity index is 2.40. The molecule has 2 rings (SSSR count). The summed E-state index contributed by atoms with van der Waals surface area (Å²) in [4.78, 5) is 16.2. The van der Waals surface area contributed by atoms with E-state index in [1.807, 2.05) is 38.1 Å². The number of pyridine rings is 1. The van der Waals surface area contributed by atoms with Crippen molar-refractivity contribution in [3.8, 4) is 5.75 Å². The molecule has 0 atom stereocenters. The Hall–Kier alpha value is -2.10. The highest BCUT2D eigenvalue weighted by Gasteiger charge is 2.12. The second-order valence-corrected chi connectivity index (χ2v) is 5.00. The number of hydrogen-bond acceptors (Lipinski definition) is 3.